The van der Waals surface area contributed by atoms with Crippen molar-refractivity contribution in [3.8, 4) is 5.75 Å². The molecular weight excluding hydrogens is 226 g/mol. The Labute approximate surface area is 107 Å². The van der Waals surface area contributed by atoms with E-state index in [9.17, 15) is 4.79 Å². The second kappa shape index (κ2) is 5.54. The monoisotopic (exact) mass is 243 g/mol. The fourth-order valence-electron chi connectivity index (χ4n) is 1.84. The van der Waals surface area contributed by atoms with Crippen LogP contribution in [0, 0.1) is 6.92 Å². The van der Waals surface area contributed by atoms with Crippen molar-refractivity contribution in [3.05, 3.63) is 64.1 Å². The number of benzene rings is 1. The molecule has 94 valence electrons. The molecule has 0 atom stereocenters. The van der Waals surface area contributed by atoms with Gasteiger partial charge in [0.15, 0.2) is 5.75 Å². The Morgan fingerprint density at radius 3 is 2.61 bits per heavy atom. The lowest BCUT2D eigenvalue weighted by Crippen LogP contribution is -2.13. The molecule has 1 heterocycles. The molecule has 0 aliphatic carbocycles. The molecule has 0 aliphatic rings. The van der Waals surface area contributed by atoms with E-state index >= 15 is 0 Å². The van der Waals surface area contributed by atoms with Gasteiger partial charge in [0.05, 0.1) is 6.20 Å². The summed E-state index contributed by atoms with van der Waals surface area (Å²) < 4.78 is 7.59. The van der Waals surface area contributed by atoms with E-state index in [0.717, 1.165) is 17.8 Å². The average molecular weight is 243 g/mol. The summed E-state index contributed by atoms with van der Waals surface area (Å²) in [5, 5.41) is 0. The van der Waals surface area contributed by atoms with Gasteiger partial charge in [-0.25, -0.2) is 0 Å². The minimum absolute atomic E-state index is 0.0619. The topological polar surface area (TPSA) is 31.2 Å². The first kappa shape index (κ1) is 12.4. The van der Waals surface area contributed by atoms with Crippen LogP contribution in [-0.4, -0.2) is 4.57 Å². The van der Waals surface area contributed by atoms with Crippen molar-refractivity contribution in [2.45, 2.75) is 27.0 Å². The van der Waals surface area contributed by atoms with Gasteiger partial charge >= 0.3 is 0 Å². The first-order valence-corrected chi connectivity index (χ1v) is 6.08. The van der Waals surface area contributed by atoms with Crippen LogP contribution in [0.15, 0.2) is 47.4 Å². The van der Waals surface area contributed by atoms with Gasteiger partial charge < -0.3 is 9.30 Å². The third-order valence-corrected chi connectivity index (χ3v) is 2.89. The number of hydrogen-bond donors (Lipinski definition) is 0. The van der Waals surface area contributed by atoms with Crippen LogP contribution in [0.2, 0.25) is 0 Å². The van der Waals surface area contributed by atoms with Crippen molar-refractivity contribution < 1.29 is 4.74 Å². The molecule has 0 radical (unpaired) electrons. The standard InChI is InChI=1S/C15H17NO2/c1-3-16-10-15(14(17)9-12(16)2)18-11-13-7-5-4-6-8-13/h4-10H,3,11H2,1-2H3. The van der Waals surface area contributed by atoms with Crippen molar-refractivity contribution in [2.24, 2.45) is 0 Å². The summed E-state index contributed by atoms with van der Waals surface area (Å²) >= 11 is 0. The highest BCUT2D eigenvalue weighted by Gasteiger charge is 2.04. The van der Waals surface area contributed by atoms with Crippen molar-refractivity contribution in [1.29, 1.82) is 0 Å². The third kappa shape index (κ3) is 2.80. The van der Waals surface area contributed by atoms with E-state index in [4.69, 9.17) is 4.74 Å². The molecule has 3 nitrogen and oxygen atoms in total. The van der Waals surface area contributed by atoms with Gasteiger partial charge in [-0.15, -0.1) is 0 Å². The maximum absolute atomic E-state index is 11.8. The maximum Gasteiger partial charge on any atom is 0.223 e. The molecule has 0 amide bonds. The molecule has 2 rings (SSSR count). The number of aryl methyl sites for hydroxylation is 2. The molecule has 0 saturated heterocycles. The predicted octanol–water partition coefficient (Wildman–Crippen LogP) is 2.76. The number of pyridine rings is 1. The Balaban J connectivity index is 2.17. The molecule has 0 aliphatic heterocycles. The van der Waals surface area contributed by atoms with Crippen LogP contribution in [0.25, 0.3) is 0 Å². The molecular formula is C15H17NO2. The van der Waals surface area contributed by atoms with Gasteiger partial charge in [0.1, 0.15) is 6.61 Å². The first-order chi connectivity index (χ1) is 8.70. The normalized spacial score (nSPS) is 10.3. The molecule has 2 aromatic rings. The van der Waals surface area contributed by atoms with Crippen molar-refractivity contribution in [3.63, 3.8) is 0 Å². The number of aromatic nitrogens is 1. The summed E-state index contributed by atoms with van der Waals surface area (Å²) in [6.45, 7) is 5.21. The van der Waals surface area contributed by atoms with E-state index in [2.05, 4.69) is 0 Å². The second-order valence-electron chi connectivity index (χ2n) is 4.20. The fraction of sp³-hybridized carbons (Fsp3) is 0.267. The SMILES string of the molecule is CCn1cc(OCc2ccccc2)c(=O)cc1C. The fourth-order valence-corrected chi connectivity index (χ4v) is 1.84. The van der Waals surface area contributed by atoms with Crippen molar-refractivity contribution in [1.82, 2.24) is 4.57 Å². The number of nitrogens with zero attached hydrogens (tertiary/aromatic N) is 1. The summed E-state index contributed by atoms with van der Waals surface area (Å²) in [4.78, 5) is 11.8. The Morgan fingerprint density at radius 2 is 1.94 bits per heavy atom. The predicted molar refractivity (Wildman–Crippen MR) is 71.9 cm³/mol. The van der Waals surface area contributed by atoms with E-state index in [0.29, 0.717) is 12.4 Å². The quantitative estimate of drug-likeness (QED) is 0.826. The number of rotatable bonds is 4. The summed E-state index contributed by atoms with van der Waals surface area (Å²) in [5.41, 5.74) is 1.95. The minimum atomic E-state index is -0.0619. The van der Waals surface area contributed by atoms with Crippen LogP contribution < -0.4 is 10.2 Å². The van der Waals surface area contributed by atoms with Crippen molar-refractivity contribution >= 4 is 0 Å². The summed E-state index contributed by atoms with van der Waals surface area (Å²) in [7, 11) is 0. The number of hydrogen-bond acceptors (Lipinski definition) is 2. The Kier molecular flexibility index (Phi) is 3.82. The van der Waals surface area contributed by atoms with Crippen LogP contribution in [-0.2, 0) is 13.2 Å². The van der Waals surface area contributed by atoms with Gasteiger partial charge in [0, 0.05) is 18.3 Å². The van der Waals surface area contributed by atoms with Gasteiger partial charge in [-0.1, -0.05) is 30.3 Å². The molecule has 0 saturated carbocycles. The third-order valence-electron chi connectivity index (χ3n) is 2.89. The molecule has 0 unspecified atom stereocenters. The van der Waals surface area contributed by atoms with E-state index < -0.39 is 0 Å². The summed E-state index contributed by atoms with van der Waals surface area (Å²) in [5.74, 6) is 0.409. The molecule has 18 heavy (non-hydrogen) atoms. The van der Waals surface area contributed by atoms with E-state index in [-0.39, 0.29) is 5.43 Å². The molecule has 0 N–H and O–H groups in total. The highest BCUT2D eigenvalue weighted by molar-refractivity contribution is 5.22. The zero-order valence-electron chi connectivity index (χ0n) is 10.7. The summed E-state index contributed by atoms with van der Waals surface area (Å²) in [6, 6.07) is 11.4. The van der Waals surface area contributed by atoms with Crippen LogP contribution in [0.3, 0.4) is 0 Å². The lowest BCUT2D eigenvalue weighted by atomic mass is 10.2. The highest BCUT2D eigenvalue weighted by Crippen LogP contribution is 2.09. The largest absolute Gasteiger partial charge is 0.483 e. The Bertz CT molecular complexity index is 573. The molecule has 1 aromatic carbocycles. The van der Waals surface area contributed by atoms with Crippen LogP contribution >= 0.6 is 0 Å². The molecule has 0 bridgehead atoms. The van der Waals surface area contributed by atoms with Gasteiger partial charge in [-0.2, -0.15) is 0 Å². The van der Waals surface area contributed by atoms with Crippen LogP contribution in [0.5, 0.6) is 5.75 Å². The Morgan fingerprint density at radius 1 is 1.22 bits per heavy atom. The minimum Gasteiger partial charge on any atom is -0.483 e. The van der Waals surface area contributed by atoms with E-state index in [1.807, 2.05) is 48.7 Å². The van der Waals surface area contributed by atoms with Gasteiger partial charge in [0.2, 0.25) is 5.43 Å². The van der Waals surface area contributed by atoms with Crippen LogP contribution in [0.4, 0.5) is 0 Å². The molecule has 0 fully saturated rings. The average Bonchev–Trinajstić information content (AvgIpc) is 2.39. The highest BCUT2D eigenvalue weighted by atomic mass is 16.5. The van der Waals surface area contributed by atoms with Gasteiger partial charge in [0.25, 0.3) is 0 Å². The van der Waals surface area contributed by atoms with Crippen LogP contribution in [0.1, 0.15) is 18.2 Å². The summed E-state index contributed by atoms with van der Waals surface area (Å²) in [6.07, 6.45) is 1.78. The van der Waals surface area contributed by atoms with E-state index in [1.54, 1.807) is 12.3 Å². The number of ether oxygens (including phenoxy) is 1. The van der Waals surface area contributed by atoms with Gasteiger partial charge in [-0.3, -0.25) is 4.79 Å². The lowest BCUT2D eigenvalue weighted by molar-refractivity contribution is 0.300. The molecule has 0 spiro atoms. The Hall–Kier alpha value is -2.03. The maximum atomic E-state index is 11.8. The second-order valence-corrected chi connectivity index (χ2v) is 4.20. The zero-order valence-corrected chi connectivity index (χ0v) is 10.7. The van der Waals surface area contributed by atoms with Crippen molar-refractivity contribution in [2.75, 3.05) is 0 Å². The smallest absolute Gasteiger partial charge is 0.223 e. The molecule has 3 heteroatoms. The van der Waals surface area contributed by atoms with E-state index in [1.165, 1.54) is 0 Å². The van der Waals surface area contributed by atoms with Gasteiger partial charge in [-0.05, 0) is 19.4 Å². The lowest BCUT2D eigenvalue weighted by Gasteiger charge is -2.11. The zero-order chi connectivity index (χ0) is 13.0. The first-order valence-electron chi connectivity index (χ1n) is 6.08. The molecule has 1 aromatic heterocycles.